The van der Waals surface area contributed by atoms with Crippen molar-refractivity contribution >= 4 is 32.0 Å². The molecule has 0 saturated carbocycles. The Hall–Kier alpha value is -1.90. The summed E-state index contributed by atoms with van der Waals surface area (Å²) in [5.41, 5.74) is 0.980. The number of hydrogen-bond donors (Lipinski definition) is 0. The average Bonchev–Trinajstić information content (AvgIpc) is 3.10. The van der Waals surface area contributed by atoms with Crippen molar-refractivity contribution in [2.75, 3.05) is 19.6 Å². The predicted molar refractivity (Wildman–Crippen MR) is 108 cm³/mol. The number of carbonyl (C=O) groups is 1. The lowest BCUT2D eigenvalue weighted by molar-refractivity contribution is 0.121. The van der Waals surface area contributed by atoms with Crippen molar-refractivity contribution in [2.45, 2.75) is 29.9 Å². The van der Waals surface area contributed by atoms with Crippen molar-refractivity contribution < 1.29 is 17.9 Å². The largest absolute Gasteiger partial charge is 0.439 e. The van der Waals surface area contributed by atoms with Gasteiger partial charge in [0.25, 0.3) is 0 Å². The summed E-state index contributed by atoms with van der Waals surface area (Å²) < 4.78 is 33.5. The topological polar surface area (TPSA) is 66.9 Å². The number of halogens is 1. The van der Waals surface area contributed by atoms with E-state index in [9.17, 15) is 13.2 Å². The molecule has 28 heavy (non-hydrogen) atoms. The number of ether oxygens (including phenoxy) is 1. The van der Waals surface area contributed by atoms with E-state index in [1.54, 1.807) is 29.2 Å². The molecule has 0 aliphatic carbocycles. The van der Waals surface area contributed by atoms with Crippen LogP contribution in [0.1, 0.15) is 24.5 Å². The number of amides is 1. The van der Waals surface area contributed by atoms with Crippen LogP contribution in [0.3, 0.4) is 0 Å². The number of rotatable bonds is 4. The molecule has 2 aliphatic heterocycles. The standard InChI is InChI=1S/C20H21BrN2O4S/c21-16-7-4-8-18(13-16)28(25,26)22-11-9-17(10-12-22)23-14-19(27-20(23)24)15-5-2-1-3-6-15/h1-8,13,17,19H,9-12,14H2. The summed E-state index contributed by atoms with van der Waals surface area (Å²) in [4.78, 5) is 14.4. The Balaban J connectivity index is 1.41. The quantitative estimate of drug-likeness (QED) is 0.689. The van der Waals surface area contributed by atoms with Gasteiger partial charge >= 0.3 is 6.09 Å². The summed E-state index contributed by atoms with van der Waals surface area (Å²) in [6.07, 6.45) is 0.618. The maximum Gasteiger partial charge on any atom is 0.410 e. The predicted octanol–water partition coefficient (Wildman–Crippen LogP) is 3.80. The first-order valence-corrected chi connectivity index (χ1v) is 11.5. The summed E-state index contributed by atoms with van der Waals surface area (Å²) in [5, 5.41) is 0. The van der Waals surface area contributed by atoms with E-state index >= 15 is 0 Å². The van der Waals surface area contributed by atoms with Gasteiger partial charge in [-0.25, -0.2) is 13.2 Å². The maximum absolute atomic E-state index is 12.9. The second kappa shape index (κ2) is 7.85. The first kappa shape index (κ1) is 19.4. The van der Waals surface area contributed by atoms with E-state index < -0.39 is 10.0 Å². The van der Waals surface area contributed by atoms with Crippen LogP contribution in [0.5, 0.6) is 0 Å². The molecule has 8 heteroatoms. The SMILES string of the molecule is O=C1OC(c2ccccc2)CN1C1CCN(S(=O)(=O)c2cccc(Br)c2)CC1. The van der Waals surface area contributed by atoms with E-state index in [1.807, 2.05) is 30.3 Å². The van der Waals surface area contributed by atoms with E-state index in [1.165, 1.54) is 4.31 Å². The van der Waals surface area contributed by atoms with Gasteiger partial charge in [-0.3, -0.25) is 0 Å². The van der Waals surface area contributed by atoms with E-state index in [2.05, 4.69) is 15.9 Å². The minimum atomic E-state index is -3.53. The van der Waals surface area contributed by atoms with Gasteiger partial charge in [0, 0.05) is 23.6 Å². The highest BCUT2D eigenvalue weighted by molar-refractivity contribution is 9.10. The highest BCUT2D eigenvalue weighted by atomic mass is 79.9. The van der Waals surface area contributed by atoms with Crippen molar-refractivity contribution in [1.82, 2.24) is 9.21 Å². The molecule has 0 radical (unpaired) electrons. The van der Waals surface area contributed by atoms with Crippen LogP contribution in [0.15, 0.2) is 64.0 Å². The van der Waals surface area contributed by atoms with Crippen molar-refractivity contribution in [1.29, 1.82) is 0 Å². The molecule has 1 atom stereocenters. The lowest BCUT2D eigenvalue weighted by atomic mass is 10.0. The van der Waals surface area contributed by atoms with E-state index in [4.69, 9.17) is 4.74 Å². The van der Waals surface area contributed by atoms with E-state index in [0.29, 0.717) is 32.5 Å². The van der Waals surface area contributed by atoms with Gasteiger partial charge in [0.15, 0.2) is 0 Å². The molecule has 4 rings (SSSR count). The first-order valence-electron chi connectivity index (χ1n) is 9.23. The molecular formula is C20H21BrN2O4S. The summed E-state index contributed by atoms with van der Waals surface area (Å²) in [6.45, 7) is 1.28. The van der Waals surface area contributed by atoms with Crippen molar-refractivity contribution in [3.63, 3.8) is 0 Å². The van der Waals surface area contributed by atoms with Gasteiger partial charge in [-0.15, -0.1) is 0 Å². The second-order valence-electron chi connectivity index (χ2n) is 7.03. The molecular weight excluding hydrogens is 444 g/mol. The number of sulfonamides is 1. The summed E-state index contributed by atoms with van der Waals surface area (Å²) >= 11 is 3.32. The second-order valence-corrected chi connectivity index (χ2v) is 9.88. The molecule has 0 spiro atoms. The molecule has 1 unspecified atom stereocenters. The van der Waals surface area contributed by atoms with Crippen molar-refractivity contribution in [2.24, 2.45) is 0 Å². The molecule has 6 nitrogen and oxygen atoms in total. The molecule has 0 N–H and O–H groups in total. The third kappa shape index (κ3) is 3.81. The molecule has 2 aromatic carbocycles. The number of benzene rings is 2. The highest BCUT2D eigenvalue weighted by Crippen LogP contribution is 2.31. The van der Waals surface area contributed by atoms with Crippen LogP contribution < -0.4 is 0 Å². The zero-order chi connectivity index (χ0) is 19.7. The zero-order valence-corrected chi connectivity index (χ0v) is 17.6. The molecule has 2 saturated heterocycles. The van der Waals surface area contributed by atoms with Gasteiger partial charge in [-0.05, 0) is 36.6 Å². The highest BCUT2D eigenvalue weighted by Gasteiger charge is 2.39. The number of carbonyl (C=O) groups excluding carboxylic acids is 1. The van der Waals surface area contributed by atoms with Crippen LogP contribution in [0.25, 0.3) is 0 Å². The Morgan fingerprint density at radius 1 is 1.00 bits per heavy atom. The van der Waals surface area contributed by atoms with Gasteiger partial charge in [-0.2, -0.15) is 4.31 Å². The molecule has 2 aromatic rings. The van der Waals surface area contributed by atoms with Crippen LogP contribution in [0, 0.1) is 0 Å². The molecule has 1 amide bonds. The smallest absolute Gasteiger partial charge is 0.410 e. The van der Waals surface area contributed by atoms with Gasteiger partial charge in [0.05, 0.1) is 11.4 Å². The fraction of sp³-hybridized carbons (Fsp3) is 0.350. The molecule has 2 heterocycles. The van der Waals surface area contributed by atoms with Crippen LogP contribution in [-0.4, -0.2) is 49.4 Å². The Morgan fingerprint density at radius 3 is 2.39 bits per heavy atom. The van der Waals surface area contributed by atoms with Gasteiger partial charge in [0.2, 0.25) is 10.0 Å². The van der Waals surface area contributed by atoms with Gasteiger partial charge in [-0.1, -0.05) is 52.3 Å². The first-order chi connectivity index (χ1) is 13.4. The molecule has 148 valence electrons. The van der Waals surface area contributed by atoms with Gasteiger partial charge in [0.1, 0.15) is 6.10 Å². The molecule has 0 aromatic heterocycles. The van der Waals surface area contributed by atoms with Crippen molar-refractivity contribution in [3.8, 4) is 0 Å². The molecule has 2 fully saturated rings. The minimum Gasteiger partial charge on any atom is -0.439 e. The molecule has 2 aliphatic rings. The number of nitrogens with zero attached hydrogens (tertiary/aromatic N) is 2. The molecule has 0 bridgehead atoms. The van der Waals surface area contributed by atoms with E-state index in [0.717, 1.165) is 10.0 Å². The zero-order valence-electron chi connectivity index (χ0n) is 15.2. The minimum absolute atomic E-state index is 0.00447. The normalized spacial score (nSPS) is 21.7. The van der Waals surface area contributed by atoms with Gasteiger partial charge < -0.3 is 9.64 Å². The van der Waals surface area contributed by atoms with E-state index in [-0.39, 0.29) is 23.1 Å². The Morgan fingerprint density at radius 2 is 1.71 bits per heavy atom. The third-order valence-corrected chi connectivity index (χ3v) is 7.70. The van der Waals surface area contributed by atoms with Crippen molar-refractivity contribution in [3.05, 3.63) is 64.6 Å². The number of piperidine rings is 1. The summed E-state index contributed by atoms with van der Waals surface area (Å²) in [7, 11) is -3.53. The van der Waals surface area contributed by atoms with Crippen LogP contribution in [-0.2, 0) is 14.8 Å². The summed E-state index contributed by atoms with van der Waals surface area (Å²) in [6, 6.07) is 16.4. The third-order valence-electron chi connectivity index (χ3n) is 5.31. The van der Waals surface area contributed by atoms with Crippen LogP contribution in [0.4, 0.5) is 4.79 Å². The Labute approximate surface area is 173 Å². The maximum atomic E-state index is 12.9. The summed E-state index contributed by atoms with van der Waals surface area (Å²) in [5.74, 6) is 0. The number of hydrogen-bond acceptors (Lipinski definition) is 4. The lowest BCUT2D eigenvalue weighted by Gasteiger charge is -2.34. The lowest BCUT2D eigenvalue weighted by Crippen LogP contribution is -2.47. The van der Waals surface area contributed by atoms with Crippen LogP contribution >= 0.6 is 15.9 Å². The number of cyclic esters (lactones) is 1. The monoisotopic (exact) mass is 464 g/mol. The van der Waals surface area contributed by atoms with Crippen LogP contribution in [0.2, 0.25) is 0 Å². The Bertz CT molecular complexity index is 959. The average molecular weight is 465 g/mol. The Kier molecular flexibility index (Phi) is 5.44. The fourth-order valence-corrected chi connectivity index (χ4v) is 5.86. The fourth-order valence-electron chi connectivity index (χ4n) is 3.79.